The smallest absolute Gasteiger partial charge is 0.335 e. The zero-order valence-electron chi connectivity index (χ0n) is 11.4. The van der Waals surface area contributed by atoms with Crippen molar-refractivity contribution in [1.82, 2.24) is 0 Å². The van der Waals surface area contributed by atoms with Crippen LogP contribution in [0.3, 0.4) is 0 Å². The van der Waals surface area contributed by atoms with Crippen LogP contribution in [0.15, 0.2) is 48.5 Å². The normalized spacial score (nSPS) is 9.95. The molecule has 0 aromatic heterocycles. The Labute approximate surface area is 121 Å². The van der Waals surface area contributed by atoms with Crippen LogP contribution in [0.2, 0.25) is 0 Å². The van der Waals surface area contributed by atoms with Crippen LogP contribution in [0.1, 0.15) is 20.7 Å². The molecule has 0 unspecified atom stereocenters. The van der Waals surface area contributed by atoms with Crippen molar-refractivity contribution in [1.29, 1.82) is 0 Å². The molecule has 1 N–H and O–H groups in total. The summed E-state index contributed by atoms with van der Waals surface area (Å²) in [5, 5.41) is 8.91. The Kier molecular flexibility index (Phi) is 4.56. The van der Waals surface area contributed by atoms with Crippen LogP contribution < -0.4 is 9.47 Å². The number of methoxy groups -OCH3 is 1. The van der Waals surface area contributed by atoms with Gasteiger partial charge in [-0.15, -0.1) is 0 Å². The molecule has 0 aliphatic heterocycles. The molecule has 0 saturated carbocycles. The third-order valence-electron chi connectivity index (χ3n) is 2.87. The molecule has 0 heterocycles. The second-order valence-corrected chi connectivity index (χ2v) is 4.25. The second kappa shape index (κ2) is 6.56. The van der Waals surface area contributed by atoms with E-state index < -0.39 is 5.97 Å². The maximum atomic E-state index is 11.9. The lowest BCUT2D eigenvalue weighted by atomic mass is 10.1. The van der Waals surface area contributed by atoms with Gasteiger partial charge >= 0.3 is 5.97 Å². The predicted molar refractivity (Wildman–Crippen MR) is 76.2 cm³/mol. The van der Waals surface area contributed by atoms with Crippen LogP contribution >= 0.6 is 0 Å². The second-order valence-electron chi connectivity index (χ2n) is 4.25. The first kappa shape index (κ1) is 14.6. The molecule has 0 bridgehead atoms. The van der Waals surface area contributed by atoms with Crippen LogP contribution in [0.5, 0.6) is 11.5 Å². The molecule has 0 aliphatic carbocycles. The van der Waals surface area contributed by atoms with Gasteiger partial charge < -0.3 is 14.6 Å². The summed E-state index contributed by atoms with van der Waals surface area (Å²) >= 11 is 0. The summed E-state index contributed by atoms with van der Waals surface area (Å²) in [7, 11) is 1.41. The Hall–Kier alpha value is -2.82. The lowest BCUT2D eigenvalue weighted by Crippen LogP contribution is -2.12. The van der Waals surface area contributed by atoms with Crippen LogP contribution in [-0.2, 0) is 0 Å². The number of hydrogen-bond donors (Lipinski definition) is 1. The minimum atomic E-state index is -1.06. The number of carboxylic acids is 1. The van der Waals surface area contributed by atoms with Crippen molar-refractivity contribution >= 4 is 11.8 Å². The molecule has 108 valence electrons. The van der Waals surface area contributed by atoms with Crippen molar-refractivity contribution < 1.29 is 24.2 Å². The Morgan fingerprint density at radius 2 is 1.71 bits per heavy atom. The molecule has 5 heteroatoms. The lowest BCUT2D eigenvalue weighted by Gasteiger charge is -2.10. The van der Waals surface area contributed by atoms with Crippen molar-refractivity contribution in [3.05, 3.63) is 59.7 Å². The summed E-state index contributed by atoms with van der Waals surface area (Å²) in [5.74, 6) is -0.622. The first-order valence-electron chi connectivity index (χ1n) is 6.24. The Morgan fingerprint density at radius 3 is 2.33 bits per heavy atom. The number of carboxylic acid groups (broad SMARTS) is 1. The number of ether oxygens (including phenoxy) is 2. The van der Waals surface area contributed by atoms with E-state index in [9.17, 15) is 9.59 Å². The highest BCUT2D eigenvalue weighted by molar-refractivity contribution is 5.97. The standard InChI is InChI=1S/C16H14O5/c1-20-15-9-12(16(18)19)7-8-14(15)21-10-13(17)11-5-3-2-4-6-11/h2-9H,10H2,1H3,(H,18,19). The monoisotopic (exact) mass is 286 g/mol. The Bertz CT molecular complexity index is 649. The molecular weight excluding hydrogens is 272 g/mol. The fourth-order valence-electron chi connectivity index (χ4n) is 1.77. The summed E-state index contributed by atoms with van der Waals surface area (Å²) in [6, 6.07) is 13.0. The average Bonchev–Trinajstić information content (AvgIpc) is 2.53. The highest BCUT2D eigenvalue weighted by atomic mass is 16.5. The lowest BCUT2D eigenvalue weighted by molar-refractivity contribution is 0.0695. The number of benzene rings is 2. The van der Waals surface area contributed by atoms with Gasteiger partial charge in [0.1, 0.15) is 0 Å². The molecule has 0 spiro atoms. The molecule has 0 saturated heterocycles. The molecule has 0 fully saturated rings. The molecule has 0 amide bonds. The van der Waals surface area contributed by atoms with Gasteiger partial charge in [-0.2, -0.15) is 0 Å². The van der Waals surface area contributed by atoms with Gasteiger partial charge in [0.15, 0.2) is 23.9 Å². The van der Waals surface area contributed by atoms with Crippen molar-refractivity contribution in [2.24, 2.45) is 0 Å². The van der Waals surface area contributed by atoms with Gasteiger partial charge in [0, 0.05) is 5.56 Å². The van der Waals surface area contributed by atoms with Crippen LogP contribution in [-0.4, -0.2) is 30.6 Å². The zero-order valence-corrected chi connectivity index (χ0v) is 11.4. The van der Waals surface area contributed by atoms with E-state index in [1.807, 2.05) is 6.07 Å². The summed E-state index contributed by atoms with van der Waals surface area (Å²) in [5.41, 5.74) is 0.646. The van der Waals surface area contributed by atoms with E-state index in [0.717, 1.165) is 0 Å². The number of ketones is 1. The SMILES string of the molecule is COc1cc(C(=O)O)ccc1OCC(=O)c1ccccc1. The maximum Gasteiger partial charge on any atom is 0.335 e. The molecule has 2 rings (SSSR count). The maximum absolute atomic E-state index is 11.9. The molecule has 0 aliphatic rings. The van der Waals surface area contributed by atoms with Crippen molar-refractivity contribution in [2.75, 3.05) is 13.7 Å². The van der Waals surface area contributed by atoms with Crippen LogP contribution in [0, 0.1) is 0 Å². The van der Waals surface area contributed by atoms with Crippen LogP contribution in [0.25, 0.3) is 0 Å². The quantitative estimate of drug-likeness (QED) is 0.826. The van der Waals surface area contributed by atoms with Gasteiger partial charge in [-0.25, -0.2) is 4.79 Å². The summed E-state index contributed by atoms with van der Waals surface area (Å²) in [6.45, 7) is -0.146. The third kappa shape index (κ3) is 3.60. The highest BCUT2D eigenvalue weighted by Crippen LogP contribution is 2.28. The fraction of sp³-hybridized carbons (Fsp3) is 0.125. The van der Waals surface area contributed by atoms with Gasteiger partial charge in [-0.05, 0) is 18.2 Å². The van der Waals surface area contributed by atoms with E-state index in [2.05, 4.69) is 0 Å². The van der Waals surface area contributed by atoms with Crippen molar-refractivity contribution in [3.63, 3.8) is 0 Å². The van der Waals surface area contributed by atoms with Crippen molar-refractivity contribution in [3.8, 4) is 11.5 Å². The number of aromatic carboxylic acids is 1. The van der Waals surface area contributed by atoms with Crippen LogP contribution in [0.4, 0.5) is 0 Å². The van der Waals surface area contributed by atoms with E-state index >= 15 is 0 Å². The number of rotatable bonds is 6. The van der Waals surface area contributed by atoms with E-state index in [-0.39, 0.29) is 23.7 Å². The zero-order chi connectivity index (χ0) is 15.2. The van der Waals surface area contributed by atoms with Gasteiger partial charge in [0.25, 0.3) is 0 Å². The predicted octanol–water partition coefficient (Wildman–Crippen LogP) is 2.66. The Morgan fingerprint density at radius 1 is 1.00 bits per heavy atom. The van der Waals surface area contributed by atoms with E-state index in [1.54, 1.807) is 24.3 Å². The van der Waals surface area contributed by atoms with E-state index in [4.69, 9.17) is 14.6 Å². The minimum Gasteiger partial charge on any atom is -0.493 e. The van der Waals surface area contributed by atoms with Gasteiger partial charge in [-0.1, -0.05) is 30.3 Å². The summed E-state index contributed by atoms with van der Waals surface area (Å²) in [4.78, 5) is 22.8. The van der Waals surface area contributed by atoms with Gasteiger partial charge in [0.2, 0.25) is 0 Å². The average molecular weight is 286 g/mol. The first-order chi connectivity index (χ1) is 10.1. The molecule has 0 radical (unpaired) electrons. The van der Waals surface area contributed by atoms with E-state index in [0.29, 0.717) is 11.3 Å². The van der Waals surface area contributed by atoms with Gasteiger partial charge in [0.05, 0.1) is 12.7 Å². The molecule has 5 nitrogen and oxygen atoms in total. The van der Waals surface area contributed by atoms with Crippen molar-refractivity contribution in [2.45, 2.75) is 0 Å². The van der Waals surface area contributed by atoms with Gasteiger partial charge in [-0.3, -0.25) is 4.79 Å². The minimum absolute atomic E-state index is 0.0913. The number of carbonyl (C=O) groups is 2. The highest BCUT2D eigenvalue weighted by Gasteiger charge is 2.12. The van der Waals surface area contributed by atoms with E-state index in [1.165, 1.54) is 25.3 Å². The molecule has 0 atom stereocenters. The largest absolute Gasteiger partial charge is 0.493 e. The molecule has 2 aromatic rings. The number of carbonyl (C=O) groups excluding carboxylic acids is 1. The molecule has 2 aromatic carbocycles. The third-order valence-corrected chi connectivity index (χ3v) is 2.87. The fourth-order valence-corrected chi connectivity index (χ4v) is 1.77. The Balaban J connectivity index is 2.10. The topological polar surface area (TPSA) is 72.8 Å². The summed E-state index contributed by atoms with van der Waals surface area (Å²) < 4.78 is 10.5. The molecule has 21 heavy (non-hydrogen) atoms. The summed E-state index contributed by atoms with van der Waals surface area (Å²) in [6.07, 6.45) is 0. The first-order valence-corrected chi connectivity index (χ1v) is 6.24. The number of Topliss-reactive ketones (excluding diaryl/α,β-unsaturated/α-hetero) is 1. The molecular formula is C16H14O5. The number of hydrogen-bond acceptors (Lipinski definition) is 4.